The molecular weight excluding hydrogens is 156 g/mol. The highest BCUT2D eigenvalue weighted by Gasteiger charge is 2.20. The maximum atomic E-state index is 2.46. The Morgan fingerprint density at radius 2 is 1.77 bits per heavy atom. The molecule has 0 radical (unpaired) electrons. The summed E-state index contributed by atoms with van der Waals surface area (Å²) in [5.74, 6) is 2.10. The van der Waals surface area contributed by atoms with Crippen molar-refractivity contribution in [2.75, 3.05) is 0 Å². The molecule has 1 aliphatic rings. The van der Waals surface area contributed by atoms with E-state index in [9.17, 15) is 0 Å². The molecule has 0 aliphatic heterocycles. The van der Waals surface area contributed by atoms with E-state index in [4.69, 9.17) is 0 Å². The molecule has 0 amide bonds. The molecule has 0 nitrogen and oxygen atoms in total. The van der Waals surface area contributed by atoms with Crippen LogP contribution in [0.15, 0.2) is 0 Å². The van der Waals surface area contributed by atoms with Gasteiger partial charge in [0, 0.05) is 0 Å². The molecule has 0 bridgehead atoms. The van der Waals surface area contributed by atoms with Gasteiger partial charge in [0.25, 0.3) is 0 Å². The van der Waals surface area contributed by atoms with Crippen LogP contribution in [0, 0.1) is 11.8 Å². The molecule has 1 aliphatic carbocycles. The SMILES string of the molecule is CCCCCC[C@H]1CCCC[C@@H]1C. The van der Waals surface area contributed by atoms with Crippen LogP contribution in [0.3, 0.4) is 0 Å². The number of unbranched alkanes of at least 4 members (excludes halogenated alkanes) is 3. The van der Waals surface area contributed by atoms with E-state index in [1.807, 2.05) is 0 Å². The van der Waals surface area contributed by atoms with Crippen LogP contribution in [-0.4, -0.2) is 0 Å². The van der Waals surface area contributed by atoms with Gasteiger partial charge in [-0.1, -0.05) is 71.6 Å². The molecule has 0 saturated heterocycles. The lowest BCUT2D eigenvalue weighted by atomic mass is 9.78. The van der Waals surface area contributed by atoms with E-state index < -0.39 is 0 Å². The summed E-state index contributed by atoms with van der Waals surface area (Å²) in [6, 6.07) is 0. The number of hydrogen-bond acceptors (Lipinski definition) is 0. The van der Waals surface area contributed by atoms with Crippen LogP contribution in [0.1, 0.15) is 71.6 Å². The third kappa shape index (κ3) is 4.15. The fourth-order valence-electron chi connectivity index (χ4n) is 2.66. The molecule has 1 saturated carbocycles. The van der Waals surface area contributed by atoms with Gasteiger partial charge in [-0.05, 0) is 11.8 Å². The molecule has 1 fully saturated rings. The van der Waals surface area contributed by atoms with Gasteiger partial charge in [-0.25, -0.2) is 0 Å². The van der Waals surface area contributed by atoms with Gasteiger partial charge in [-0.3, -0.25) is 0 Å². The Morgan fingerprint density at radius 1 is 1.00 bits per heavy atom. The molecule has 0 aromatic heterocycles. The van der Waals surface area contributed by atoms with Gasteiger partial charge in [0.15, 0.2) is 0 Å². The van der Waals surface area contributed by atoms with E-state index in [1.165, 1.54) is 57.8 Å². The van der Waals surface area contributed by atoms with Gasteiger partial charge in [-0.2, -0.15) is 0 Å². The van der Waals surface area contributed by atoms with Crippen molar-refractivity contribution in [2.24, 2.45) is 11.8 Å². The average molecular weight is 182 g/mol. The quantitative estimate of drug-likeness (QED) is 0.537. The summed E-state index contributed by atoms with van der Waals surface area (Å²) in [5, 5.41) is 0. The van der Waals surface area contributed by atoms with E-state index in [1.54, 1.807) is 0 Å². The predicted molar refractivity (Wildman–Crippen MR) is 59.9 cm³/mol. The van der Waals surface area contributed by atoms with Crippen molar-refractivity contribution < 1.29 is 0 Å². The zero-order chi connectivity index (χ0) is 9.52. The summed E-state index contributed by atoms with van der Waals surface area (Å²) in [5.41, 5.74) is 0. The Labute approximate surface area is 84.1 Å². The van der Waals surface area contributed by atoms with Crippen LogP contribution < -0.4 is 0 Å². The van der Waals surface area contributed by atoms with Crippen LogP contribution in [-0.2, 0) is 0 Å². The lowest BCUT2D eigenvalue weighted by Gasteiger charge is -2.28. The second-order valence-corrected chi connectivity index (χ2v) is 4.87. The van der Waals surface area contributed by atoms with Crippen LogP contribution in [0.2, 0.25) is 0 Å². The largest absolute Gasteiger partial charge is 0.0654 e. The Hall–Kier alpha value is 0. The smallest absolute Gasteiger partial charge is 0.0388 e. The summed E-state index contributed by atoms with van der Waals surface area (Å²) >= 11 is 0. The van der Waals surface area contributed by atoms with Crippen LogP contribution in [0.25, 0.3) is 0 Å². The van der Waals surface area contributed by atoms with Crippen LogP contribution in [0.5, 0.6) is 0 Å². The molecule has 1 rings (SSSR count). The predicted octanol–water partition coefficient (Wildman–Crippen LogP) is 4.78. The fourth-order valence-corrected chi connectivity index (χ4v) is 2.66. The van der Waals surface area contributed by atoms with Gasteiger partial charge in [0.05, 0.1) is 0 Å². The molecule has 78 valence electrons. The summed E-state index contributed by atoms with van der Waals surface area (Å²) in [6.45, 7) is 4.76. The molecule has 0 N–H and O–H groups in total. The standard InChI is InChI=1S/C13H26/c1-3-4-5-6-10-13-11-8-7-9-12(13)2/h12-13H,3-11H2,1-2H3/t12-,13-/m0/s1. The molecule has 0 spiro atoms. The first-order valence-electron chi connectivity index (χ1n) is 6.34. The minimum atomic E-state index is 1.02. The monoisotopic (exact) mass is 182 g/mol. The maximum absolute atomic E-state index is 2.46. The molecule has 0 heterocycles. The summed E-state index contributed by atoms with van der Waals surface area (Å²) in [7, 11) is 0. The van der Waals surface area contributed by atoms with Crippen molar-refractivity contribution in [3.63, 3.8) is 0 Å². The molecular formula is C13H26. The number of rotatable bonds is 5. The first-order chi connectivity index (χ1) is 6.34. The highest BCUT2D eigenvalue weighted by Crippen LogP contribution is 2.33. The third-order valence-corrected chi connectivity index (χ3v) is 3.72. The Morgan fingerprint density at radius 3 is 2.46 bits per heavy atom. The summed E-state index contributed by atoms with van der Waals surface area (Å²) < 4.78 is 0. The second kappa shape index (κ2) is 6.45. The zero-order valence-corrected chi connectivity index (χ0v) is 9.52. The Kier molecular flexibility index (Phi) is 5.50. The van der Waals surface area contributed by atoms with E-state index in [0.29, 0.717) is 0 Å². The normalized spacial score (nSPS) is 29.1. The molecule has 2 atom stereocenters. The summed E-state index contributed by atoms with van der Waals surface area (Å²) in [4.78, 5) is 0. The van der Waals surface area contributed by atoms with Gasteiger partial charge in [0.1, 0.15) is 0 Å². The topological polar surface area (TPSA) is 0 Å². The molecule has 0 heteroatoms. The molecule has 0 aromatic carbocycles. The van der Waals surface area contributed by atoms with Crippen LogP contribution in [0.4, 0.5) is 0 Å². The first-order valence-corrected chi connectivity index (χ1v) is 6.34. The van der Waals surface area contributed by atoms with Crippen LogP contribution >= 0.6 is 0 Å². The van der Waals surface area contributed by atoms with Crippen molar-refractivity contribution in [3.05, 3.63) is 0 Å². The van der Waals surface area contributed by atoms with E-state index >= 15 is 0 Å². The van der Waals surface area contributed by atoms with Gasteiger partial charge >= 0.3 is 0 Å². The van der Waals surface area contributed by atoms with E-state index in [0.717, 1.165) is 11.8 Å². The minimum absolute atomic E-state index is 1.02. The third-order valence-electron chi connectivity index (χ3n) is 3.72. The summed E-state index contributed by atoms with van der Waals surface area (Å²) in [6.07, 6.45) is 13.3. The lowest BCUT2D eigenvalue weighted by Crippen LogP contribution is -2.16. The van der Waals surface area contributed by atoms with Gasteiger partial charge < -0.3 is 0 Å². The van der Waals surface area contributed by atoms with Gasteiger partial charge in [-0.15, -0.1) is 0 Å². The molecule has 0 aromatic rings. The van der Waals surface area contributed by atoms with Crippen molar-refractivity contribution in [3.8, 4) is 0 Å². The van der Waals surface area contributed by atoms with Crippen molar-refractivity contribution in [1.82, 2.24) is 0 Å². The van der Waals surface area contributed by atoms with Crippen molar-refractivity contribution >= 4 is 0 Å². The fraction of sp³-hybridized carbons (Fsp3) is 1.00. The highest BCUT2D eigenvalue weighted by molar-refractivity contribution is 4.71. The average Bonchev–Trinajstić information content (AvgIpc) is 2.15. The zero-order valence-electron chi connectivity index (χ0n) is 9.52. The lowest BCUT2D eigenvalue weighted by molar-refractivity contribution is 0.236. The maximum Gasteiger partial charge on any atom is -0.0388 e. The number of hydrogen-bond donors (Lipinski definition) is 0. The van der Waals surface area contributed by atoms with E-state index in [-0.39, 0.29) is 0 Å². The Balaban J connectivity index is 2.05. The van der Waals surface area contributed by atoms with Gasteiger partial charge in [0.2, 0.25) is 0 Å². The van der Waals surface area contributed by atoms with Crippen molar-refractivity contribution in [1.29, 1.82) is 0 Å². The minimum Gasteiger partial charge on any atom is -0.0654 e. The molecule has 0 unspecified atom stereocenters. The highest BCUT2D eigenvalue weighted by atomic mass is 14.3. The second-order valence-electron chi connectivity index (χ2n) is 4.87. The Bertz CT molecular complexity index is 117. The van der Waals surface area contributed by atoms with E-state index in [2.05, 4.69) is 13.8 Å². The molecule has 13 heavy (non-hydrogen) atoms. The van der Waals surface area contributed by atoms with Crippen molar-refractivity contribution in [2.45, 2.75) is 71.6 Å². The first kappa shape index (κ1) is 11.1.